The molecular weight excluding hydrogens is 400 g/mol. The summed E-state index contributed by atoms with van der Waals surface area (Å²) in [6.07, 6.45) is 0. The Hall–Kier alpha value is -2.93. The van der Waals surface area contributed by atoms with Gasteiger partial charge in [0.2, 0.25) is 0 Å². The number of rotatable bonds is 5. The van der Waals surface area contributed by atoms with Crippen LogP contribution >= 0.6 is 15.9 Å². The lowest BCUT2D eigenvalue weighted by Gasteiger charge is -2.16. The molecule has 0 saturated heterocycles. The SMILES string of the molecule is C=C1c2ccccc2C(=O)N1CC(=O)OCC(=O)Nc1ccc(Br)cc1. The summed E-state index contributed by atoms with van der Waals surface area (Å²) < 4.78 is 5.85. The van der Waals surface area contributed by atoms with E-state index in [-0.39, 0.29) is 12.5 Å². The maximum Gasteiger partial charge on any atom is 0.326 e. The molecule has 0 radical (unpaired) electrons. The minimum atomic E-state index is -0.682. The van der Waals surface area contributed by atoms with Crippen LogP contribution in [0.15, 0.2) is 59.6 Å². The van der Waals surface area contributed by atoms with Crippen molar-refractivity contribution in [3.8, 4) is 0 Å². The largest absolute Gasteiger partial charge is 0.454 e. The van der Waals surface area contributed by atoms with Crippen molar-refractivity contribution in [3.63, 3.8) is 0 Å². The Balaban J connectivity index is 1.52. The Bertz CT molecular complexity index is 858. The van der Waals surface area contributed by atoms with Crippen LogP contribution in [0.4, 0.5) is 5.69 Å². The number of hydrogen-bond donors (Lipinski definition) is 1. The van der Waals surface area contributed by atoms with E-state index < -0.39 is 18.5 Å². The molecule has 1 aliphatic heterocycles. The van der Waals surface area contributed by atoms with E-state index in [0.717, 1.165) is 4.47 Å². The molecule has 26 heavy (non-hydrogen) atoms. The van der Waals surface area contributed by atoms with E-state index in [4.69, 9.17) is 4.74 Å². The number of fused-ring (bicyclic) bond motifs is 1. The number of ether oxygens (including phenoxy) is 1. The van der Waals surface area contributed by atoms with Crippen LogP contribution in [-0.4, -0.2) is 35.8 Å². The summed E-state index contributed by atoms with van der Waals surface area (Å²) in [7, 11) is 0. The second kappa shape index (κ2) is 7.53. The zero-order valence-corrected chi connectivity index (χ0v) is 15.3. The lowest BCUT2D eigenvalue weighted by atomic mass is 10.1. The van der Waals surface area contributed by atoms with Gasteiger partial charge in [-0.1, -0.05) is 40.7 Å². The van der Waals surface area contributed by atoms with Crippen molar-refractivity contribution in [2.75, 3.05) is 18.5 Å². The molecule has 3 rings (SSSR count). The second-order valence-corrected chi connectivity index (χ2v) is 6.52. The predicted molar refractivity (Wildman–Crippen MR) is 100 cm³/mol. The summed E-state index contributed by atoms with van der Waals surface area (Å²) >= 11 is 3.30. The summed E-state index contributed by atoms with van der Waals surface area (Å²) in [6, 6.07) is 14.0. The predicted octanol–water partition coefficient (Wildman–Crippen LogP) is 3.06. The minimum absolute atomic E-state index is 0.294. The molecule has 2 aromatic carbocycles. The van der Waals surface area contributed by atoms with Crippen LogP contribution in [0.2, 0.25) is 0 Å². The number of hydrogen-bond acceptors (Lipinski definition) is 4. The highest BCUT2D eigenvalue weighted by molar-refractivity contribution is 9.10. The lowest BCUT2D eigenvalue weighted by molar-refractivity contribution is -0.147. The van der Waals surface area contributed by atoms with E-state index >= 15 is 0 Å². The zero-order chi connectivity index (χ0) is 18.7. The van der Waals surface area contributed by atoms with Gasteiger partial charge in [-0.2, -0.15) is 0 Å². The number of benzene rings is 2. The topological polar surface area (TPSA) is 75.7 Å². The van der Waals surface area contributed by atoms with Crippen molar-refractivity contribution >= 4 is 45.1 Å². The smallest absolute Gasteiger partial charge is 0.326 e. The van der Waals surface area contributed by atoms with Crippen LogP contribution in [0.25, 0.3) is 5.70 Å². The molecule has 0 fully saturated rings. The van der Waals surface area contributed by atoms with Gasteiger partial charge in [-0.25, -0.2) is 0 Å². The summed E-state index contributed by atoms with van der Waals surface area (Å²) in [6.45, 7) is 3.12. The molecule has 0 aliphatic carbocycles. The Kier molecular flexibility index (Phi) is 5.18. The van der Waals surface area contributed by atoms with Crippen molar-refractivity contribution < 1.29 is 19.1 Å². The van der Waals surface area contributed by atoms with Gasteiger partial charge >= 0.3 is 5.97 Å². The number of amides is 2. The molecule has 6 nitrogen and oxygen atoms in total. The number of anilines is 1. The number of carbonyl (C=O) groups excluding carboxylic acids is 3. The van der Waals surface area contributed by atoms with Gasteiger partial charge in [-0.05, 0) is 30.3 Å². The fourth-order valence-electron chi connectivity index (χ4n) is 2.55. The fourth-order valence-corrected chi connectivity index (χ4v) is 2.82. The van der Waals surface area contributed by atoms with Crippen molar-refractivity contribution in [3.05, 3.63) is 70.7 Å². The van der Waals surface area contributed by atoms with Crippen LogP contribution in [0.3, 0.4) is 0 Å². The number of carbonyl (C=O) groups is 3. The maximum absolute atomic E-state index is 12.3. The molecule has 0 saturated carbocycles. The van der Waals surface area contributed by atoms with Crippen LogP contribution in [-0.2, 0) is 14.3 Å². The van der Waals surface area contributed by atoms with Gasteiger partial charge < -0.3 is 10.1 Å². The summed E-state index contributed by atoms with van der Waals surface area (Å²) in [4.78, 5) is 37.4. The van der Waals surface area contributed by atoms with Crippen LogP contribution in [0, 0.1) is 0 Å². The van der Waals surface area contributed by atoms with Gasteiger partial charge in [-0.3, -0.25) is 19.3 Å². The first-order valence-electron chi connectivity index (χ1n) is 7.77. The summed E-state index contributed by atoms with van der Waals surface area (Å²) in [5, 5.41) is 2.61. The monoisotopic (exact) mass is 414 g/mol. The first kappa shape index (κ1) is 17.9. The molecule has 7 heteroatoms. The molecule has 1 aliphatic rings. The van der Waals surface area contributed by atoms with E-state index in [1.165, 1.54) is 4.90 Å². The molecular formula is C19H15BrN2O4. The zero-order valence-electron chi connectivity index (χ0n) is 13.7. The summed E-state index contributed by atoms with van der Waals surface area (Å²) in [5.74, 6) is -1.45. The standard InChI is InChI=1S/C19H15BrN2O4/c1-12-15-4-2-3-5-16(15)19(25)22(12)10-18(24)26-11-17(23)21-14-8-6-13(20)7-9-14/h2-9H,1,10-11H2,(H,21,23). The third kappa shape index (κ3) is 3.83. The van der Waals surface area contributed by atoms with Crippen molar-refractivity contribution in [1.82, 2.24) is 4.90 Å². The Morgan fingerprint density at radius 3 is 2.38 bits per heavy atom. The molecule has 2 amide bonds. The fraction of sp³-hybridized carbons (Fsp3) is 0.105. The van der Waals surface area contributed by atoms with E-state index in [1.54, 1.807) is 48.5 Å². The maximum atomic E-state index is 12.3. The average molecular weight is 415 g/mol. The average Bonchev–Trinajstić information content (AvgIpc) is 2.87. The lowest BCUT2D eigenvalue weighted by Crippen LogP contribution is -2.32. The quantitative estimate of drug-likeness (QED) is 0.762. The van der Waals surface area contributed by atoms with E-state index in [9.17, 15) is 14.4 Å². The van der Waals surface area contributed by atoms with Crippen molar-refractivity contribution in [2.24, 2.45) is 0 Å². The first-order valence-corrected chi connectivity index (χ1v) is 8.56. The van der Waals surface area contributed by atoms with Gasteiger partial charge in [0.25, 0.3) is 11.8 Å². The Morgan fingerprint density at radius 1 is 1.08 bits per heavy atom. The third-order valence-electron chi connectivity index (χ3n) is 3.82. The minimum Gasteiger partial charge on any atom is -0.454 e. The first-order chi connectivity index (χ1) is 12.5. The van der Waals surface area contributed by atoms with Gasteiger partial charge in [0.1, 0.15) is 6.54 Å². The van der Waals surface area contributed by atoms with Gasteiger partial charge in [0, 0.05) is 27.0 Å². The molecule has 0 atom stereocenters. The normalized spacial score (nSPS) is 12.7. The van der Waals surface area contributed by atoms with Gasteiger partial charge in [0.15, 0.2) is 6.61 Å². The van der Waals surface area contributed by atoms with Gasteiger partial charge in [0.05, 0.1) is 0 Å². The second-order valence-electron chi connectivity index (χ2n) is 5.60. The molecule has 0 aromatic heterocycles. The van der Waals surface area contributed by atoms with Crippen LogP contribution < -0.4 is 5.32 Å². The van der Waals surface area contributed by atoms with Gasteiger partial charge in [-0.15, -0.1) is 0 Å². The highest BCUT2D eigenvalue weighted by Crippen LogP contribution is 2.30. The molecule has 0 bridgehead atoms. The van der Waals surface area contributed by atoms with E-state index in [2.05, 4.69) is 27.8 Å². The molecule has 132 valence electrons. The third-order valence-corrected chi connectivity index (χ3v) is 4.35. The Morgan fingerprint density at radius 2 is 1.73 bits per heavy atom. The van der Waals surface area contributed by atoms with Crippen molar-refractivity contribution in [2.45, 2.75) is 0 Å². The highest BCUT2D eigenvalue weighted by atomic mass is 79.9. The number of nitrogens with zero attached hydrogens (tertiary/aromatic N) is 1. The van der Waals surface area contributed by atoms with E-state index in [1.807, 2.05) is 0 Å². The van der Waals surface area contributed by atoms with Crippen LogP contribution in [0.1, 0.15) is 15.9 Å². The molecule has 1 N–H and O–H groups in total. The number of nitrogens with one attached hydrogen (secondary N) is 1. The molecule has 0 spiro atoms. The number of halogens is 1. The molecule has 2 aromatic rings. The van der Waals surface area contributed by atoms with Crippen molar-refractivity contribution in [1.29, 1.82) is 0 Å². The number of esters is 1. The van der Waals surface area contributed by atoms with Crippen LogP contribution in [0.5, 0.6) is 0 Å². The Labute approximate surface area is 158 Å². The summed E-state index contributed by atoms with van der Waals surface area (Å²) in [5.41, 5.74) is 2.23. The highest BCUT2D eigenvalue weighted by Gasteiger charge is 2.32. The van der Waals surface area contributed by atoms with E-state index in [0.29, 0.717) is 22.5 Å². The molecule has 1 heterocycles. The molecule has 0 unspecified atom stereocenters.